The van der Waals surface area contributed by atoms with Gasteiger partial charge in [0, 0.05) is 19.3 Å². The summed E-state index contributed by atoms with van der Waals surface area (Å²) in [5, 5.41) is 8.39. The molecule has 0 atom stereocenters. The molecule has 2 heteroatoms. The van der Waals surface area contributed by atoms with E-state index < -0.39 is 5.97 Å². The second kappa shape index (κ2) is 15.6. The first-order chi connectivity index (χ1) is 9.77. The largest absolute Gasteiger partial charge is 0.481 e. The van der Waals surface area contributed by atoms with Crippen LogP contribution in [0.4, 0.5) is 0 Å². The number of rotatable bonds is 10. The minimum absolute atomic E-state index is 0.0517. The van der Waals surface area contributed by atoms with Gasteiger partial charge < -0.3 is 5.11 Å². The Bertz CT molecular complexity index is 349. The lowest BCUT2D eigenvalue weighted by Crippen LogP contribution is -1.89. The third kappa shape index (κ3) is 16.6. The molecule has 2 nitrogen and oxygen atoms in total. The topological polar surface area (TPSA) is 37.3 Å². The Morgan fingerprint density at radius 3 is 1.85 bits per heavy atom. The van der Waals surface area contributed by atoms with Gasteiger partial charge in [-0.3, -0.25) is 4.79 Å². The molecule has 0 fully saturated rings. The molecule has 0 aliphatic rings. The third-order valence-electron chi connectivity index (χ3n) is 3.00. The minimum Gasteiger partial charge on any atom is -0.481 e. The Morgan fingerprint density at radius 1 is 0.750 bits per heavy atom. The Morgan fingerprint density at radius 2 is 1.25 bits per heavy atom. The van der Waals surface area contributed by atoms with E-state index in [-0.39, 0.29) is 6.42 Å². The van der Waals surface area contributed by atoms with Crippen LogP contribution in [0.25, 0.3) is 0 Å². The molecule has 20 heavy (non-hydrogen) atoms. The smallest absolute Gasteiger partial charge is 0.315 e. The molecule has 112 valence electrons. The van der Waals surface area contributed by atoms with Gasteiger partial charge in [0.1, 0.15) is 6.42 Å². The summed E-state index contributed by atoms with van der Waals surface area (Å²) in [5.41, 5.74) is 0. The number of unbranched alkanes of at least 4 members (excludes halogenated alkanes) is 9. The molecule has 0 amide bonds. The molecule has 0 spiro atoms. The molecule has 0 aliphatic heterocycles. The van der Waals surface area contributed by atoms with Crippen LogP contribution in [0.1, 0.15) is 84.0 Å². The van der Waals surface area contributed by atoms with Crippen molar-refractivity contribution >= 4 is 5.97 Å². The lowest BCUT2D eigenvalue weighted by atomic mass is 10.1. The van der Waals surface area contributed by atoms with Crippen LogP contribution >= 0.6 is 0 Å². The van der Waals surface area contributed by atoms with Crippen molar-refractivity contribution < 1.29 is 9.90 Å². The van der Waals surface area contributed by atoms with Crippen LogP contribution in [0.15, 0.2) is 0 Å². The molecule has 0 heterocycles. The lowest BCUT2D eigenvalue weighted by Gasteiger charge is -1.97. The van der Waals surface area contributed by atoms with Crippen molar-refractivity contribution in [1.29, 1.82) is 0 Å². The summed E-state index contributed by atoms with van der Waals surface area (Å²) < 4.78 is 0. The molecule has 0 rings (SSSR count). The first kappa shape index (κ1) is 18.6. The van der Waals surface area contributed by atoms with Crippen LogP contribution in [-0.4, -0.2) is 11.1 Å². The molecule has 1 N–H and O–H groups in total. The molecule has 0 saturated carbocycles. The standard InChI is InChI=1S/C18H28O2/c1-2-3-4-5-6-7-8-9-10-11-12-13-14-15-16-17-18(19)20/h2-9,12-14,17H2,1H3,(H,19,20). The van der Waals surface area contributed by atoms with Gasteiger partial charge in [-0.2, -0.15) is 0 Å². The maximum Gasteiger partial charge on any atom is 0.315 e. The van der Waals surface area contributed by atoms with Gasteiger partial charge in [-0.05, 0) is 12.8 Å². The molecule has 0 aliphatic carbocycles. The average molecular weight is 276 g/mol. The van der Waals surface area contributed by atoms with E-state index in [4.69, 9.17) is 5.11 Å². The highest BCUT2D eigenvalue weighted by molar-refractivity contribution is 5.69. The van der Waals surface area contributed by atoms with Crippen LogP contribution in [-0.2, 0) is 4.79 Å². The molecule has 0 bridgehead atoms. The summed E-state index contributed by atoms with van der Waals surface area (Å²) in [6.45, 7) is 2.24. The number of hydrogen-bond acceptors (Lipinski definition) is 1. The van der Waals surface area contributed by atoms with Crippen molar-refractivity contribution in [1.82, 2.24) is 0 Å². The normalized spacial score (nSPS) is 9.25. The van der Waals surface area contributed by atoms with E-state index in [1.54, 1.807) is 0 Å². The number of carboxylic acids is 1. The molecule has 0 aromatic carbocycles. The summed E-state index contributed by atoms with van der Waals surface area (Å²) in [4.78, 5) is 10.2. The maximum absolute atomic E-state index is 10.2. The Labute approximate surface area is 124 Å². The van der Waals surface area contributed by atoms with Gasteiger partial charge in [-0.25, -0.2) is 0 Å². The summed E-state index contributed by atoms with van der Waals surface area (Å²) in [7, 11) is 0. The average Bonchev–Trinajstić information content (AvgIpc) is 2.43. The van der Waals surface area contributed by atoms with E-state index in [9.17, 15) is 4.79 Å². The van der Waals surface area contributed by atoms with E-state index >= 15 is 0 Å². The Hall–Kier alpha value is -1.41. The SMILES string of the molecule is CCCCCCCCCC#CCCCC#CCC(=O)O. The van der Waals surface area contributed by atoms with E-state index in [1.807, 2.05) is 0 Å². The van der Waals surface area contributed by atoms with Crippen LogP contribution in [0.3, 0.4) is 0 Å². The fourth-order valence-corrected chi connectivity index (χ4v) is 1.84. The van der Waals surface area contributed by atoms with Crippen LogP contribution in [0.2, 0.25) is 0 Å². The van der Waals surface area contributed by atoms with Gasteiger partial charge in [0.2, 0.25) is 0 Å². The molecule has 0 unspecified atom stereocenters. The molecule has 0 aromatic heterocycles. The lowest BCUT2D eigenvalue weighted by molar-refractivity contribution is -0.135. The third-order valence-corrected chi connectivity index (χ3v) is 3.00. The first-order valence-corrected chi connectivity index (χ1v) is 7.90. The van der Waals surface area contributed by atoms with Crippen molar-refractivity contribution in [2.75, 3.05) is 0 Å². The zero-order valence-electron chi connectivity index (χ0n) is 12.8. The zero-order chi connectivity index (χ0) is 14.9. The van der Waals surface area contributed by atoms with Crippen molar-refractivity contribution in [2.24, 2.45) is 0 Å². The maximum atomic E-state index is 10.2. The number of hydrogen-bond donors (Lipinski definition) is 1. The summed E-state index contributed by atoms with van der Waals surface area (Å²) >= 11 is 0. The van der Waals surface area contributed by atoms with Crippen molar-refractivity contribution in [2.45, 2.75) is 84.0 Å². The van der Waals surface area contributed by atoms with Crippen LogP contribution in [0, 0.1) is 23.7 Å². The van der Waals surface area contributed by atoms with E-state index in [1.165, 1.54) is 44.9 Å². The molecule has 0 aromatic rings. The summed E-state index contributed by atoms with van der Waals surface area (Å²) in [6.07, 6.45) is 12.8. The van der Waals surface area contributed by atoms with Crippen molar-refractivity contribution in [3.05, 3.63) is 0 Å². The van der Waals surface area contributed by atoms with Crippen LogP contribution < -0.4 is 0 Å². The molecular formula is C18H28O2. The van der Waals surface area contributed by atoms with E-state index in [2.05, 4.69) is 30.6 Å². The van der Waals surface area contributed by atoms with Gasteiger partial charge in [0.25, 0.3) is 0 Å². The minimum atomic E-state index is -0.855. The number of carbonyl (C=O) groups is 1. The predicted molar refractivity (Wildman–Crippen MR) is 84.3 cm³/mol. The van der Waals surface area contributed by atoms with Gasteiger partial charge >= 0.3 is 5.97 Å². The van der Waals surface area contributed by atoms with Crippen LogP contribution in [0.5, 0.6) is 0 Å². The van der Waals surface area contributed by atoms with Gasteiger partial charge in [0.15, 0.2) is 0 Å². The van der Waals surface area contributed by atoms with E-state index in [0.29, 0.717) is 0 Å². The quantitative estimate of drug-likeness (QED) is 0.460. The fraction of sp³-hybridized carbons (Fsp3) is 0.722. The van der Waals surface area contributed by atoms with Gasteiger partial charge in [-0.15, -0.1) is 17.8 Å². The van der Waals surface area contributed by atoms with Crippen molar-refractivity contribution in [3.63, 3.8) is 0 Å². The molecule has 0 saturated heterocycles. The monoisotopic (exact) mass is 276 g/mol. The highest BCUT2D eigenvalue weighted by atomic mass is 16.4. The molecule has 0 radical (unpaired) electrons. The number of aliphatic carboxylic acids is 1. The second-order valence-corrected chi connectivity index (χ2v) is 5.00. The van der Waals surface area contributed by atoms with Gasteiger partial charge in [0.05, 0.1) is 0 Å². The second-order valence-electron chi connectivity index (χ2n) is 5.00. The highest BCUT2D eigenvalue weighted by Gasteiger charge is 1.89. The Kier molecular flexibility index (Phi) is 14.5. The summed E-state index contributed by atoms with van der Waals surface area (Å²) in [5.74, 6) is 11.0. The van der Waals surface area contributed by atoms with Gasteiger partial charge in [-0.1, -0.05) is 51.4 Å². The Balaban J connectivity index is 3.24. The van der Waals surface area contributed by atoms with E-state index in [0.717, 1.165) is 25.7 Å². The fourth-order valence-electron chi connectivity index (χ4n) is 1.84. The predicted octanol–water partition coefficient (Wildman–Crippen LogP) is 4.78. The first-order valence-electron chi connectivity index (χ1n) is 7.90. The summed E-state index contributed by atoms with van der Waals surface area (Å²) in [6, 6.07) is 0. The highest BCUT2D eigenvalue weighted by Crippen LogP contribution is 2.07. The number of carboxylic acid groups (broad SMARTS) is 1. The molecular weight excluding hydrogens is 248 g/mol. The van der Waals surface area contributed by atoms with Crippen molar-refractivity contribution in [3.8, 4) is 23.7 Å². The zero-order valence-corrected chi connectivity index (χ0v) is 12.8.